The molecule has 4 aliphatic rings. The maximum Gasteiger partial charge on any atom is 0.274 e. The van der Waals surface area contributed by atoms with Crippen molar-refractivity contribution in [3.05, 3.63) is 94.7 Å². The Kier molecular flexibility index (Phi) is 11.5. The summed E-state index contributed by atoms with van der Waals surface area (Å²) in [6.45, 7) is 14.4. The maximum absolute atomic E-state index is 15.3. The highest BCUT2D eigenvalue weighted by Crippen LogP contribution is 2.38. The molecule has 2 atom stereocenters. The van der Waals surface area contributed by atoms with Crippen molar-refractivity contribution in [2.75, 3.05) is 49.5 Å². The van der Waals surface area contributed by atoms with Crippen LogP contribution in [0.25, 0.3) is 21.3 Å². The lowest BCUT2D eigenvalue weighted by Crippen LogP contribution is -2.61. The molecule has 0 radical (unpaired) electrons. The lowest BCUT2D eigenvalue weighted by molar-refractivity contribution is -0.134. The molecule has 3 aliphatic heterocycles. The summed E-state index contributed by atoms with van der Waals surface area (Å²) in [5.41, 5.74) is 1.92. The van der Waals surface area contributed by atoms with Crippen molar-refractivity contribution in [1.29, 1.82) is 0 Å². The van der Waals surface area contributed by atoms with Gasteiger partial charge in [-0.1, -0.05) is 0 Å². The molecule has 9 rings (SSSR count). The van der Waals surface area contributed by atoms with Gasteiger partial charge in [0.2, 0.25) is 17.5 Å². The number of rotatable bonds is 9. The van der Waals surface area contributed by atoms with E-state index in [1.807, 2.05) is 27.9 Å². The second-order valence-corrected chi connectivity index (χ2v) is 18.0. The molecular weight excluding hydrogens is 811 g/mol. The van der Waals surface area contributed by atoms with Crippen LogP contribution in [-0.2, 0) is 15.2 Å². The van der Waals surface area contributed by atoms with Gasteiger partial charge >= 0.3 is 0 Å². The first-order chi connectivity index (χ1) is 30.3. The Bertz CT molecular complexity index is 2590. The molecule has 0 unspecified atom stereocenters. The van der Waals surface area contributed by atoms with Gasteiger partial charge < -0.3 is 20.4 Å². The summed E-state index contributed by atoms with van der Waals surface area (Å²) >= 11 is 0. The molecule has 1 saturated carbocycles. The number of carbonyl (C=O) groups excluding carboxylic acids is 3. The lowest BCUT2D eigenvalue weighted by Gasteiger charge is -2.49. The summed E-state index contributed by atoms with van der Waals surface area (Å²) in [6.07, 6.45) is 8.92. The summed E-state index contributed by atoms with van der Waals surface area (Å²) in [5.74, 6) is -4.07. The minimum atomic E-state index is -1.27. The Balaban J connectivity index is 0.803. The van der Waals surface area contributed by atoms with Crippen LogP contribution in [0.4, 0.5) is 25.8 Å². The van der Waals surface area contributed by atoms with E-state index in [0.29, 0.717) is 53.0 Å². The molecule has 0 spiro atoms. The smallest absolute Gasteiger partial charge is 0.274 e. The van der Waals surface area contributed by atoms with Gasteiger partial charge in [-0.25, -0.2) is 18.1 Å². The Morgan fingerprint density at radius 2 is 1.68 bits per heavy atom. The first-order valence-electron chi connectivity index (χ1n) is 21.9. The Hall–Kier alpha value is -5.80. The molecule has 5 aromatic rings. The van der Waals surface area contributed by atoms with E-state index in [1.54, 1.807) is 32.0 Å². The third-order valence-corrected chi connectivity index (χ3v) is 13.7. The zero-order valence-corrected chi connectivity index (χ0v) is 35.4. The van der Waals surface area contributed by atoms with Crippen molar-refractivity contribution in [2.24, 2.45) is 0 Å². The van der Waals surface area contributed by atoms with Crippen molar-refractivity contribution in [2.45, 2.75) is 101 Å². The van der Waals surface area contributed by atoms with Gasteiger partial charge in [0.25, 0.3) is 5.91 Å². The summed E-state index contributed by atoms with van der Waals surface area (Å²) in [6, 6.07) is 12.1. The van der Waals surface area contributed by atoms with Gasteiger partial charge in [-0.2, -0.15) is 10.2 Å². The average molecular weight is 863 g/mol. The zero-order chi connectivity index (χ0) is 44.2. The average Bonchev–Trinajstić information content (AvgIpc) is 3.90. The van der Waals surface area contributed by atoms with Crippen LogP contribution in [-0.4, -0.2) is 115 Å². The van der Waals surface area contributed by atoms with E-state index in [9.17, 15) is 24.6 Å². The van der Waals surface area contributed by atoms with Gasteiger partial charge in [-0.15, -0.1) is 0 Å². The Morgan fingerprint density at radius 3 is 2.37 bits per heavy atom. The largest absolute Gasteiger partial charge is 0.395 e. The van der Waals surface area contributed by atoms with E-state index in [2.05, 4.69) is 30.4 Å². The third kappa shape index (κ3) is 8.40. The number of imide groups is 1. The quantitative estimate of drug-likeness (QED) is 0.108. The van der Waals surface area contributed by atoms with Crippen LogP contribution in [0, 0.1) is 18.2 Å². The van der Waals surface area contributed by atoms with Gasteiger partial charge in [-0.05, 0) is 101 Å². The number of piperazine rings is 1. The number of nitrogens with one attached hydrogen (secondary N) is 2. The van der Waals surface area contributed by atoms with E-state index in [1.165, 1.54) is 22.8 Å². The number of aliphatic hydroxyl groups excluding tert-OH is 1. The molecule has 330 valence electrons. The molecule has 4 N–H and O–H groups in total. The number of piperidine rings is 2. The van der Waals surface area contributed by atoms with E-state index in [4.69, 9.17) is 11.7 Å². The number of hydrogen-bond donors (Lipinski definition) is 4. The molecule has 63 heavy (non-hydrogen) atoms. The lowest BCUT2D eigenvalue weighted by atomic mass is 9.88. The molecule has 1 aliphatic carbocycles. The van der Waals surface area contributed by atoms with Crippen molar-refractivity contribution in [3.8, 4) is 0 Å². The van der Waals surface area contributed by atoms with Crippen LogP contribution in [0.2, 0.25) is 0 Å². The van der Waals surface area contributed by atoms with Crippen LogP contribution in [0.15, 0.2) is 54.9 Å². The molecule has 3 saturated heterocycles. The fourth-order valence-electron chi connectivity index (χ4n) is 10.4. The highest BCUT2D eigenvalue weighted by Gasteiger charge is 2.38. The van der Waals surface area contributed by atoms with Gasteiger partial charge in [0.05, 0.1) is 48.0 Å². The highest BCUT2D eigenvalue weighted by atomic mass is 19.1. The van der Waals surface area contributed by atoms with Crippen LogP contribution >= 0.6 is 0 Å². The molecule has 0 bridgehead atoms. The summed E-state index contributed by atoms with van der Waals surface area (Å²) in [4.78, 5) is 47.8. The number of anilines is 2. The molecule has 3 amide bonds. The SMILES string of the molecule is [C-]#[N+]c1cnn2c(C(=O)Nc3cc4cn(C5CCC(N6CCN(C7CCN(c8cc(F)c([C@H]9CCC(=O)NC9=O)c(F)c8)CC7)C[C@@H]6CO)CC5)nc4cc3C(C)(C)O)ccc2c1. The summed E-state index contributed by atoms with van der Waals surface area (Å²) in [7, 11) is 0. The Labute approximate surface area is 363 Å². The number of amides is 3. The van der Waals surface area contributed by atoms with Gasteiger partial charge in [0.15, 0.2) is 0 Å². The monoisotopic (exact) mass is 862 g/mol. The van der Waals surface area contributed by atoms with Gasteiger partial charge in [0, 0.05) is 91.4 Å². The Morgan fingerprint density at radius 1 is 0.952 bits per heavy atom. The van der Waals surface area contributed by atoms with Crippen LogP contribution in [0.3, 0.4) is 0 Å². The molecule has 6 heterocycles. The second kappa shape index (κ2) is 17.1. The predicted octanol–water partition coefficient (Wildman–Crippen LogP) is 5.64. The maximum atomic E-state index is 15.3. The molecular formula is C46H52F2N10O5. The van der Waals surface area contributed by atoms with Crippen molar-refractivity contribution in [3.63, 3.8) is 0 Å². The number of nitrogens with zero attached hydrogens (tertiary/aromatic N) is 8. The first kappa shape index (κ1) is 42.5. The number of carbonyl (C=O) groups is 3. The van der Waals surface area contributed by atoms with Crippen LogP contribution in [0.5, 0.6) is 0 Å². The fraction of sp³-hybridized carbons (Fsp3) is 0.478. The van der Waals surface area contributed by atoms with E-state index >= 15 is 8.78 Å². The molecule has 2 aromatic carbocycles. The number of aromatic nitrogens is 4. The number of hydrogen-bond acceptors (Lipinski definition) is 10. The highest BCUT2D eigenvalue weighted by molar-refractivity contribution is 6.05. The number of halogens is 2. The standard InChI is InChI=1S/C46H52F2N10O5/c1-46(2,63)36-22-39-27(18-40(36)51-45(62)41-10-8-32-19-28(49-3)23-50-58(32)41)24-57(53-39)31-6-4-30(5-7-31)56-17-16-55(25-34(56)26-59)29-12-14-54(15-13-29)33-20-37(47)43(38(48)21-33)35-9-11-42(60)52-44(35)61/h8,10,18-24,29-31,34-35,59,63H,4-7,9,11-17,25-26H2,1-2H3,(H,51,62)(H,52,60,61)/t30?,31?,34-,35-/m1/s1. The summed E-state index contributed by atoms with van der Waals surface area (Å²) in [5, 5.41) is 37.0. The molecule has 4 fully saturated rings. The fourth-order valence-corrected chi connectivity index (χ4v) is 10.4. The molecule has 15 nitrogen and oxygen atoms in total. The minimum absolute atomic E-state index is 0.000649. The van der Waals surface area contributed by atoms with Crippen LogP contribution in [0.1, 0.15) is 98.8 Å². The molecule has 3 aromatic heterocycles. The van der Waals surface area contributed by atoms with E-state index in [0.717, 1.165) is 69.1 Å². The summed E-state index contributed by atoms with van der Waals surface area (Å²) < 4.78 is 34.1. The minimum Gasteiger partial charge on any atom is -0.395 e. The van der Waals surface area contributed by atoms with E-state index < -0.39 is 40.9 Å². The zero-order valence-electron chi connectivity index (χ0n) is 35.4. The second-order valence-electron chi connectivity index (χ2n) is 18.0. The molecule has 17 heteroatoms. The normalized spacial score (nSPS) is 23.3. The number of benzene rings is 2. The van der Waals surface area contributed by atoms with Crippen molar-refractivity contribution in [1.82, 2.24) is 34.5 Å². The van der Waals surface area contributed by atoms with Crippen molar-refractivity contribution >= 4 is 51.2 Å². The number of fused-ring (bicyclic) bond motifs is 2. The van der Waals surface area contributed by atoms with Gasteiger partial charge in [-0.3, -0.25) is 34.2 Å². The number of aliphatic hydroxyl groups is 2. The predicted molar refractivity (Wildman–Crippen MR) is 232 cm³/mol. The first-order valence-corrected chi connectivity index (χ1v) is 21.9. The van der Waals surface area contributed by atoms with E-state index in [-0.39, 0.29) is 43.1 Å². The van der Waals surface area contributed by atoms with Crippen LogP contribution < -0.4 is 15.5 Å². The topological polar surface area (TPSA) is 165 Å². The van der Waals surface area contributed by atoms with Gasteiger partial charge in [0.1, 0.15) is 17.3 Å². The van der Waals surface area contributed by atoms with Crippen molar-refractivity contribution < 1.29 is 33.4 Å². The third-order valence-electron chi connectivity index (χ3n) is 13.7.